The largest absolute Gasteiger partial charge is 0.395 e. The first-order valence-corrected chi connectivity index (χ1v) is 5.66. The predicted molar refractivity (Wildman–Crippen MR) is 60.0 cm³/mol. The fraction of sp³-hybridized carbons (Fsp3) is 0.900. The SMILES string of the molecule is CC1CNC(C(=O)N(CCO)CCO)CN1. The average Bonchev–Trinajstić information content (AvgIpc) is 2.29. The van der Waals surface area contributed by atoms with Crippen LogP contribution >= 0.6 is 0 Å². The zero-order valence-corrected chi connectivity index (χ0v) is 9.65. The number of nitrogens with one attached hydrogen (secondary N) is 2. The molecule has 1 heterocycles. The van der Waals surface area contributed by atoms with E-state index in [4.69, 9.17) is 10.2 Å². The van der Waals surface area contributed by atoms with Gasteiger partial charge in [-0.15, -0.1) is 0 Å². The second-order valence-corrected chi connectivity index (χ2v) is 4.04. The lowest BCUT2D eigenvalue weighted by molar-refractivity contribution is -0.134. The van der Waals surface area contributed by atoms with E-state index in [2.05, 4.69) is 10.6 Å². The summed E-state index contributed by atoms with van der Waals surface area (Å²) < 4.78 is 0. The van der Waals surface area contributed by atoms with Crippen molar-refractivity contribution in [3.8, 4) is 0 Å². The standard InChI is InChI=1S/C10H21N3O3/c1-8-6-12-9(7-11-8)10(16)13(2-4-14)3-5-15/h8-9,11-12,14-15H,2-7H2,1H3. The Labute approximate surface area is 95.6 Å². The fourth-order valence-electron chi connectivity index (χ4n) is 1.75. The van der Waals surface area contributed by atoms with Crippen molar-refractivity contribution in [2.45, 2.75) is 19.0 Å². The van der Waals surface area contributed by atoms with E-state index in [0.29, 0.717) is 12.6 Å². The molecule has 0 radical (unpaired) electrons. The molecule has 0 aromatic rings. The normalized spacial score (nSPS) is 25.4. The third kappa shape index (κ3) is 3.71. The van der Waals surface area contributed by atoms with E-state index in [1.165, 1.54) is 4.90 Å². The first kappa shape index (κ1) is 13.4. The summed E-state index contributed by atoms with van der Waals surface area (Å²) in [6.07, 6.45) is 0. The lowest BCUT2D eigenvalue weighted by Gasteiger charge is -2.32. The number of aliphatic hydroxyl groups excluding tert-OH is 2. The molecule has 1 fully saturated rings. The quantitative estimate of drug-likeness (QED) is 0.429. The summed E-state index contributed by atoms with van der Waals surface area (Å²) >= 11 is 0. The Kier molecular flexibility index (Phi) is 5.68. The maximum Gasteiger partial charge on any atom is 0.241 e. The van der Waals surface area contributed by atoms with Gasteiger partial charge < -0.3 is 25.7 Å². The zero-order chi connectivity index (χ0) is 12.0. The van der Waals surface area contributed by atoms with Crippen molar-refractivity contribution in [1.82, 2.24) is 15.5 Å². The van der Waals surface area contributed by atoms with Crippen LogP contribution in [0.4, 0.5) is 0 Å². The summed E-state index contributed by atoms with van der Waals surface area (Å²) in [6, 6.07) is 0.113. The molecule has 94 valence electrons. The Morgan fingerprint density at radius 2 is 1.88 bits per heavy atom. The van der Waals surface area contributed by atoms with Crippen LogP contribution in [0.5, 0.6) is 0 Å². The maximum absolute atomic E-state index is 12.0. The van der Waals surface area contributed by atoms with Gasteiger partial charge in [0.05, 0.1) is 19.3 Å². The van der Waals surface area contributed by atoms with Gasteiger partial charge in [-0.2, -0.15) is 0 Å². The van der Waals surface area contributed by atoms with Crippen molar-refractivity contribution in [1.29, 1.82) is 0 Å². The maximum atomic E-state index is 12.0. The Bertz CT molecular complexity index is 211. The molecular weight excluding hydrogens is 210 g/mol. The number of piperazine rings is 1. The van der Waals surface area contributed by atoms with E-state index in [1.807, 2.05) is 6.92 Å². The highest BCUT2D eigenvalue weighted by Gasteiger charge is 2.26. The smallest absolute Gasteiger partial charge is 0.241 e. The second kappa shape index (κ2) is 6.80. The average molecular weight is 231 g/mol. The summed E-state index contributed by atoms with van der Waals surface area (Å²) in [4.78, 5) is 13.5. The first-order chi connectivity index (χ1) is 7.69. The molecule has 1 amide bonds. The van der Waals surface area contributed by atoms with Crippen molar-refractivity contribution in [3.05, 3.63) is 0 Å². The fourth-order valence-corrected chi connectivity index (χ4v) is 1.75. The number of amides is 1. The van der Waals surface area contributed by atoms with Crippen molar-refractivity contribution in [2.24, 2.45) is 0 Å². The van der Waals surface area contributed by atoms with Crippen LogP contribution in [0.3, 0.4) is 0 Å². The third-order valence-electron chi connectivity index (χ3n) is 2.69. The topological polar surface area (TPSA) is 84.8 Å². The molecule has 1 aliphatic heterocycles. The van der Waals surface area contributed by atoms with Gasteiger partial charge >= 0.3 is 0 Å². The molecule has 1 rings (SSSR count). The Morgan fingerprint density at radius 3 is 2.31 bits per heavy atom. The first-order valence-electron chi connectivity index (χ1n) is 5.66. The zero-order valence-electron chi connectivity index (χ0n) is 9.65. The van der Waals surface area contributed by atoms with Crippen LogP contribution in [0.15, 0.2) is 0 Å². The minimum absolute atomic E-state index is 0.0671. The van der Waals surface area contributed by atoms with E-state index in [-0.39, 0.29) is 38.3 Å². The van der Waals surface area contributed by atoms with Gasteiger partial charge in [-0.1, -0.05) is 0 Å². The summed E-state index contributed by atoms with van der Waals surface area (Å²) in [7, 11) is 0. The van der Waals surface area contributed by atoms with E-state index in [1.54, 1.807) is 0 Å². The molecule has 2 atom stereocenters. The molecule has 0 aromatic carbocycles. The minimum atomic E-state index is -0.255. The molecule has 0 saturated carbocycles. The number of hydrogen-bond donors (Lipinski definition) is 4. The Hall–Kier alpha value is -0.690. The molecule has 1 aliphatic rings. The minimum Gasteiger partial charge on any atom is -0.395 e. The van der Waals surface area contributed by atoms with E-state index in [9.17, 15) is 4.79 Å². The summed E-state index contributed by atoms with van der Waals surface area (Å²) in [5.41, 5.74) is 0. The molecule has 6 heteroatoms. The highest BCUT2D eigenvalue weighted by molar-refractivity contribution is 5.82. The Balaban J connectivity index is 2.46. The molecule has 0 bridgehead atoms. The van der Waals surface area contributed by atoms with Gasteiger partial charge in [0.15, 0.2) is 0 Å². The van der Waals surface area contributed by atoms with Gasteiger partial charge in [0.25, 0.3) is 0 Å². The molecule has 1 saturated heterocycles. The highest BCUT2D eigenvalue weighted by atomic mass is 16.3. The van der Waals surface area contributed by atoms with Gasteiger partial charge in [-0.3, -0.25) is 4.79 Å². The van der Waals surface area contributed by atoms with Crippen molar-refractivity contribution >= 4 is 5.91 Å². The number of rotatable bonds is 5. The van der Waals surface area contributed by atoms with Gasteiger partial charge in [0, 0.05) is 32.2 Å². The molecular formula is C10H21N3O3. The predicted octanol–water partition coefficient (Wildman–Crippen LogP) is -2.25. The van der Waals surface area contributed by atoms with Crippen molar-refractivity contribution in [3.63, 3.8) is 0 Å². The van der Waals surface area contributed by atoms with Crippen molar-refractivity contribution in [2.75, 3.05) is 39.4 Å². The van der Waals surface area contributed by atoms with Crippen LogP contribution in [-0.4, -0.2) is 72.5 Å². The van der Waals surface area contributed by atoms with Gasteiger partial charge in [-0.05, 0) is 6.92 Å². The van der Waals surface area contributed by atoms with Gasteiger partial charge in [0.1, 0.15) is 0 Å². The number of nitrogens with zero attached hydrogens (tertiary/aromatic N) is 1. The second-order valence-electron chi connectivity index (χ2n) is 4.04. The third-order valence-corrected chi connectivity index (χ3v) is 2.69. The molecule has 0 aromatic heterocycles. The molecule has 4 N–H and O–H groups in total. The van der Waals surface area contributed by atoms with Crippen molar-refractivity contribution < 1.29 is 15.0 Å². The molecule has 6 nitrogen and oxygen atoms in total. The van der Waals surface area contributed by atoms with Gasteiger partial charge in [-0.25, -0.2) is 0 Å². The number of hydrogen-bond acceptors (Lipinski definition) is 5. The molecule has 2 unspecified atom stereocenters. The van der Waals surface area contributed by atoms with Crippen LogP contribution < -0.4 is 10.6 Å². The lowest BCUT2D eigenvalue weighted by Crippen LogP contribution is -2.60. The van der Waals surface area contributed by atoms with E-state index in [0.717, 1.165) is 6.54 Å². The van der Waals surface area contributed by atoms with E-state index < -0.39 is 0 Å². The Morgan fingerprint density at radius 1 is 1.25 bits per heavy atom. The lowest BCUT2D eigenvalue weighted by atomic mass is 10.1. The summed E-state index contributed by atoms with van der Waals surface area (Å²) in [5.74, 6) is -0.0671. The molecule has 16 heavy (non-hydrogen) atoms. The highest BCUT2D eigenvalue weighted by Crippen LogP contribution is 1.99. The van der Waals surface area contributed by atoms with Gasteiger partial charge in [0.2, 0.25) is 5.91 Å². The number of carbonyl (C=O) groups is 1. The molecule has 0 aliphatic carbocycles. The van der Waals surface area contributed by atoms with Crippen LogP contribution in [0.25, 0.3) is 0 Å². The van der Waals surface area contributed by atoms with Crippen LogP contribution in [0, 0.1) is 0 Å². The summed E-state index contributed by atoms with van der Waals surface area (Å²) in [5, 5.41) is 24.0. The number of carbonyl (C=O) groups excluding carboxylic acids is 1. The van der Waals surface area contributed by atoms with Crippen LogP contribution in [0.1, 0.15) is 6.92 Å². The van der Waals surface area contributed by atoms with Crippen LogP contribution in [0.2, 0.25) is 0 Å². The van der Waals surface area contributed by atoms with E-state index >= 15 is 0 Å². The van der Waals surface area contributed by atoms with Crippen LogP contribution in [-0.2, 0) is 4.79 Å². The molecule has 0 spiro atoms. The summed E-state index contributed by atoms with van der Waals surface area (Å²) in [6.45, 7) is 3.77. The monoisotopic (exact) mass is 231 g/mol. The number of aliphatic hydroxyl groups is 2.